The van der Waals surface area contributed by atoms with Crippen molar-refractivity contribution in [3.8, 4) is 0 Å². The normalized spacial score (nSPS) is 11.0. The lowest BCUT2D eigenvalue weighted by molar-refractivity contribution is -0.132. The van der Waals surface area contributed by atoms with Crippen LogP contribution in [0.4, 0.5) is 0 Å². The molecule has 2 nitrogen and oxygen atoms in total. The maximum Gasteiger partial charge on any atom is 0.335 e. The third-order valence-electron chi connectivity index (χ3n) is 1.58. The van der Waals surface area contributed by atoms with Crippen LogP contribution in [0.25, 0.3) is 6.08 Å². The zero-order chi connectivity index (χ0) is 10.9. The van der Waals surface area contributed by atoms with E-state index in [1.807, 2.05) is 30.3 Å². The Bertz CT molecular complexity index is 355. The summed E-state index contributed by atoms with van der Waals surface area (Å²) in [7, 11) is 0. The van der Waals surface area contributed by atoms with E-state index in [2.05, 4.69) is 15.9 Å². The second kappa shape index (κ2) is 7.01. The van der Waals surface area contributed by atoms with Crippen LogP contribution in [0.3, 0.4) is 0 Å². The van der Waals surface area contributed by atoms with Crippen LogP contribution in [0.5, 0.6) is 0 Å². The van der Waals surface area contributed by atoms with E-state index in [1.54, 1.807) is 12.2 Å². The van der Waals surface area contributed by atoms with Crippen molar-refractivity contribution in [1.82, 2.24) is 0 Å². The van der Waals surface area contributed by atoms with Crippen LogP contribution in [-0.4, -0.2) is 11.3 Å². The van der Waals surface area contributed by atoms with E-state index in [0.29, 0.717) is 5.33 Å². The molecule has 0 N–H and O–H groups in total. The highest BCUT2D eigenvalue weighted by Gasteiger charge is 1.92. The predicted octanol–water partition coefficient (Wildman–Crippen LogP) is 3.15. The number of ether oxygens (including phenoxy) is 1. The van der Waals surface area contributed by atoms with Crippen LogP contribution in [0, 0.1) is 0 Å². The highest BCUT2D eigenvalue weighted by atomic mass is 79.9. The molecule has 0 atom stereocenters. The van der Waals surface area contributed by atoms with E-state index >= 15 is 0 Å². The van der Waals surface area contributed by atoms with E-state index in [0.717, 1.165) is 5.56 Å². The summed E-state index contributed by atoms with van der Waals surface area (Å²) < 4.78 is 4.77. The minimum atomic E-state index is -0.379. The largest absolute Gasteiger partial charge is 0.432 e. The van der Waals surface area contributed by atoms with Gasteiger partial charge in [0.15, 0.2) is 0 Å². The van der Waals surface area contributed by atoms with Crippen molar-refractivity contribution in [3.05, 3.63) is 54.3 Å². The van der Waals surface area contributed by atoms with E-state index in [9.17, 15) is 4.79 Å². The van der Waals surface area contributed by atoms with Crippen LogP contribution in [0.15, 0.2) is 48.7 Å². The summed E-state index contributed by atoms with van der Waals surface area (Å²) in [6.07, 6.45) is 6.18. The molecule has 0 aromatic heterocycles. The van der Waals surface area contributed by atoms with E-state index in [4.69, 9.17) is 4.74 Å². The minimum Gasteiger partial charge on any atom is -0.432 e. The molecule has 1 aromatic carbocycles. The van der Waals surface area contributed by atoms with E-state index in [1.165, 1.54) is 12.3 Å². The first-order chi connectivity index (χ1) is 7.33. The Balaban J connectivity index is 2.44. The Morgan fingerprint density at radius 3 is 2.73 bits per heavy atom. The molecule has 1 aromatic rings. The van der Waals surface area contributed by atoms with Gasteiger partial charge < -0.3 is 4.74 Å². The van der Waals surface area contributed by atoms with Gasteiger partial charge in [0.25, 0.3) is 0 Å². The summed E-state index contributed by atoms with van der Waals surface area (Å²) in [5.74, 6) is -0.379. The molecule has 0 aliphatic carbocycles. The highest BCUT2D eigenvalue weighted by Crippen LogP contribution is 2.01. The van der Waals surface area contributed by atoms with E-state index < -0.39 is 0 Å². The smallest absolute Gasteiger partial charge is 0.335 e. The molecule has 0 fully saturated rings. The zero-order valence-electron chi connectivity index (χ0n) is 8.10. The molecule has 1 rings (SSSR count). The first-order valence-corrected chi connectivity index (χ1v) is 5.60. The third kappa shape index (κ3) is 5.18. The number of carbonyl (C=O) groups excluding carboxylic acids is 1. The number of halogens is 1. The van der Waals surface area contributed by atoms with Crippen molar-refractivity contribution in [2.45, 2.75) is 0 Å². The highest BCUT2D eigenvalue weighted by molar-refractivity contribution is 9.09. The fraction of sp³-hybridized carbons (Fsp3) is 0.0833. The summed E-state index contributed by atoms with van der Waals surface area (Å²) in [6.45, 7) is 0. The third-order valence-corrected chi connectivity index (χ3v) is 1.95. The quantitative estimate of drug-likeness (QED) is 0.362. The van der Waals surface area contributed by atoms with Gasteiger partial charge in [-0.3, -0.25) is 0 Å². The van der Waals surface area contributed by atoms with Gasteiger partial charge in [-0.1, -0.05) is 46.3 Å². The summed E-state index contributed by atoms with van der Waals surface area (Å²) >= 11 is 3.18. The van der Waals surface area contributed by atoms with Crippen molar-refractivity contribution in [2.24, 2.45) is 0 Å². The standard InChI is InChI=1S/C12H11BrO2/c13-9-4-10-15-12(14)8-7-11-5-2-1-3-6-11/h1-8,10H,9H2. The van der Waals surface area contributed by atoms with Gasteiger partial charge >= 0.3 is 5.97 Å². The number of carbonyl (C=O) groups is 1. The molecule has 0 saturated carbocycles. The first kappa shape index (κ1) is 11.7. The summed E-state index contributed by atoms with van der Waals surface area (Å²) in [5, 5.41) is 0.669. The lowest BCUT2D eigenvalue weighted by Crippen LogP contribution is -1.93. The van der Waals surface area contributed by atoms with Crippen LogP contribution in [0.1, 0.15) is 5.56 Å². The van der Waals surface area contributed by atoms with Crippen molar-refractivity contribution in [1.29, 1.82) is 0 Å². The minimum absolute atomic E-state index is 0.379. The van der Waals surface area contributed by atoms with Crippen LogP contribution >= 0.6 is 15.9 Å². The van der Waals surface area contributed by atoms with Gasteiger partial charge in [-0.2, -0.15) is 0 Å². The number of benzene rings is 1. The SMILES string of the molecule is O=C(C=Cc1ccccc1)OC=CCBr. The molecule has 78 valence electrons. The lowest BCUT2D eigenvalue weighted by atomic mass is 10.2. The number of alkyl halides is 1. The first-order valence-electron chi connectivity index (χ1n) is 4.47. The fourth-order valence-corrected chi connectivity index (χ4v) is 1.07. The molecule has 0 amide bonds. The molecule has 3 heteroatoms. The number of hydrogen-bond acceptors (Lipinski definition) is 2. The Hall–Kier alpha value is -1.35. The maximum atomic E-state index is 11.1. The Morgan fingerprint density at radius 1 is 1.33 bits per heavy atom. The zero-order valence-corrected chi connectivity index (χ0v) is 9.68. The van der Waals surface area contributed by atoms with Gasteiger partial charge in [-0.15, -0.1) is 0 Å². The fourth-order valence-electron chi connectivity index (χ4n) is 0.919. The summed E-state index contributed by atoms with van der Waals surface area (Å²) in [5.41, 5.74) is 0.971. The van der Waals surface area contributed by atoms with Crippen LogP contribution in [-0.2, 0) is 9.53 Å². The molecule has 0 bridgehead atoms. The van der Waals surface area contributed by atoms with Crippen molar-refractivity contribution in [2.75, 3.05) is 5.33 Å². The molecule has 0 saturated heterocycles. The summed E-state index contributed by atoms with van der Waals surface area (Å²) in [6, 6.07) is 9.58. The van der Waals surface area contributed by atoms with Crippen molar-refractivity contribution >= 4 is 28.0 Å². The summed E-state index contributed by atoms with van der Waals surface area (Å²) in [4.78, 5) is 11.1. The van der Waals surface area contributed by atoms with Gasteiger partial charge in [0, 0.05) is 11.4 Å². The Labute approximate surface area is 97.4 Å². The van der Waals surface area contributed by atoms with Gasteiger partial charge in [-0.25, -0.2) is 4.79 Å². The maximum absolute atomic E-state index is 11.1. The second-order valence-corrected chi connectivity index (χ2v) is 3.35. The number of allylic oxidation sites excluding steroid dienone is 1. The molecule has 15 heavy (non-hydrogen) atoms. The van der Waals surface area contributed by atoms with Crippen LogP contribution < -0.4 is 0 Å². The van der Waals surface area contributed by atoms with Gasteiger partial charge in [0.1, 0.15) is 0 Å². The molecule has 0 aliphatic heterocycles. The van der Waals surface area contributed by atoms with Gasteiger partial charge in [0.2, 0.25) is 0 Å². The Kier molecular flexibility index (Phi) is 5.48. The predicted molar refractivity (Wildman–Crippen MR) is 64.5 cm³/mol. The average molecular weight is 267 g/mol. The van der Waals surface area contributed by atoms with Crippen molar-refractivity contribution < 1.29 is 9.53 Å². The van der Waals surface area contributed by atoms with Crippen molar-refractivity contribution in [3.63, 3.8) is 0 Å². The second-order valence-electron chi connectivity index (χ2n) is 2.71. The molecule has 0 heterocycles. The van der Waals surface area contributed by atoms with Gasteiger partial charge in [0.05, 0.1) is 6.26 Å². The number of hydrogen-bond donors (Lipinski definition) is 0. The van der Waals surface area contributed by atoms with E-state index in [-0.39, 0.29) is 5.97 Å². The molecule has 0 unspecified atom stereocenters. The number of rotatable bonds is 4. The lowest BCUT2D eigenvalue weighted by Gasteiger charge is -1.92. The Morgan fingerprint density at radius 2 is 2.07 bits per heavy atom. The van der Waals surface area contributed by atoms with Gasteiger partial charge in [-0.05, 0) is 17.7 Å². The monoisotopic (exact) mass is 266 g/mol. The number of esters is 1. The molecular formula is C12H11BrO2. The topological polar surface area (TPSA) is 26.3 Å². The molecular weight excluding hydrogens is 256 g/mol. The average Bonchev–Trinajstić information content (AvgIpc) is 2.28. The molecule has 0 aliphatic rings. The molecule has 0 spiro atoms. The molecule has 0 radical (unpaired) electrons. The van der Waals surface area contributed by atoms with Crippen LogP contribution in [0.2, 0.25) is 0 Å².